The fourth-order valence-electron chi connectivity index (χ4n) is 2.77. The lowest BCUT2D eigenvalue weighted by Gasteiger charge is -2.10. The van der Waals surface area contributed by atoms with E-state index < -0.39 is 10.0 Å². The fourth-order valence-corrected chi connectivity index (χ4v) is 3.91. The number of sulfonamides is 1. The van der Waals surface area contributed by atoms with Crippen LogP contribution in [0, 0.1) is 10.8 Å². The van der Waals surface area contributed by atoms with Gasteiger partial charge in [-0.25, -0.2) is 13.1 Å². The van der Waals surface area contributed by atoms with Crippen molar-refractivity contribution in [3.63, 3.8) is 0 Å². The van der Waals surface area contributed by atoms with Crippen LogP contribution in [0.2, 0.25) is 0 Å². The van der Waals surface area contributed by atoms with E-state index in [1.165, 1.54) is 0 Å². The van der Waals surface area contributed by atoms with Gasteiger partial charge < -0.3 is 5.32 Å². The van der Waals surface area contributed by atoms with Crippen molar-refractivity contribution in [1.29, 1.82) is 0 Å². The minimum absolute atomic E-state index is 0.250. The smallest absolute Gasteiger partial charge is 0.240 e. The van der Waals surface area contributed by atoms with E-state index in [1.807, 2.05) is 19.1 Å². The minimum Gasteiger partial charge on any atom is -0.381 e. The van der Waals surface area contributed by atoms with Crippen molar-refractivity contribution in [1.82, 2.24) is 4.72 Å². The average Bonchev–Trinajstić information content (AvgIpc) is 2.79. The third-order valence-electron chi connectivity index (χ3n) is 5.04. The second-order valence-corrected chi connectivity index (χ2v) is 8.71. The van der Waals surface area contributed by atoms with Crippen molar-refractivity contribution in [2.24, 2.45) is 10.8 Å². The highest BCUT2D eigenvalue weighted by atomic mass is 32.2. The molecule has 1 aromatic rings. The lowest BCUT2D eigenvalue weighted by molar-refractivity contribution is 0.457. The van der Waals surface area contributed by atoms with Gasteiger partial charge in [-0.2, -0.15) is 0 Å². The molecule has 1 aromatic carbocycles. The van der Waals surface area contributed by atoms with E-state index in [4.69, 9.17) is 0 Å². The standard InChI is InChI=1S/C16H26N2O2S/c1-6-11-17-21(19,20)13-9-7-12(8-10-13)18-14-15(2,3)16(14,4)5/h7-10,14,17-18H,6,11H2,1-5H3. The van der Waals surface area contributed by atoms with Gasteiger partial charge in [-0.3, -0.25) is 0 Å². The summed E-state index contributed by atoms with van der Waals surface area (Å²) in [6, 6.07) is 7.40. The molecule has 0 radical (unpaired) electrons. The maximum Gasteiger partial charge on any atom is 0.240 e. The maximum atomic E-state index is 12.0. The maximum absolute atomic E-state index is 12.0. The second-order valence-electron chi connectivity index (χ2n) is 6.94. The summed E-state index contributed by atoms with van der Waals surface area (Å²) in [5.74, 6) is 0. The Bertz CT molecular complexity index is 590. The molecule has 0 bridgehead atoms. The molecular formula is C16H26N2O2S. The molecular weight excluding hydrogens is 284 g/mol. The highest BCUT2D eigenvalue weighted by Crippen LogP contribution is 2.63. The summed E-state index contributed by atoms with van der Waals surface area (Å²) in [6.07, 6.45) is 0.782. The zero-order valence-corrected chi connectivity index (χ0v) is 14.3. The molecule has 0 spiro atoms. The molecule has 1 aliphatic carbocycles. The predicted octanol–water partition coefficient (Wildman–Crippen LogP) is 3.22. The van der Waals surface area contributed by atoms with Crippen LogP contribution in [-0.4, -0.2) is 21.0 Å². The number of rotatable bonds is 6. The van der Waals surface area contributed by atoms with Crippen LogP contribution in [0.3, 0.4) is 0 Å². The van der Waals surface area contributed by atoms with Crippen LogP contribution in [0.25, 0.3) is 0 Å². The van der Waals surface area contributed by atoms with Crippen molar-refractivity contribution >= 4 is 15.7 Å². The lowest BCUT2D eigenvalue weighted by Crippen LogP contribution is -2.24. The molecule has 2 rings (SSSR count). The molecule has 0 aromatic heterocycles. The Morgan fingerprint density at radius 2 is 1.57 bits per heavy atom. The van der Waals surface area contributed by atoms with E-state index in [-0.39, 0.29) is 10.8 Å². The van der Waals surface area contributed by atoms with E-state index in [0.29, 0.717) is 17.5 Å². The van der Waals surface area contributed by atoms with Gasteiger partial charge in [0.05, 0.1) is 4.90 Å². The number of hydrogen-bond acceptors (Lipinski definition) is 3. The number of nitrogens with one attached hydrogen (secondary N) is 2. The largest absolute Gasteiger partial charge is 0.381 e. The minimum atomic E-state index is -3.38. The first-order chi connectivity index (χ1) is 9.63. The van der Waals surface area contributed by atoms with Gasteiger partial charge in [0.2, 0.25) is 10.0 Å². The number of hydrogen-bond donors (Lipinski definition) is 2. The first-order valence-corrected chi connectivity index (χ1v) is 8.97. The molecule has 0 saturated heterocycles. The molecule has 21 heavy (non-hydrogen) atoms. The van der Waals surface area contributed by atoms with Crippen LogP contribution < -0.4 is 10.0 Å². The van der Waals surface area contributed by atoms with Crippen LogP contribution in [0.15, 0.2) is 29.2 Å². The third-order valence-corrected chi connectivity index (χ3v) is 6.52. The van der Waals surface area contributed by atoms with Crippen LogP contribution in [0.4, 0.5) is 5.69 Å². The van der Waals surface area contributed by atoms with E-state index in [0.717, 1.165) is 12.1 Å². The summed E-state index contributed by atoms with van der Waals surface area (Å²) in [5, 5.41) is 3.50. The summed E-state index contributed by atoms with van der Waals surface area (Å²) in [5.41, 5.74) is 1.47. The highest BCUT2D eigenvalue weighted by molar-refractivity contribution is 7.89. The van der Waals surface area contributed by atoms with Gasteiger partial charge in [-0.1, -0.05) is 34.6 Å². The van der Waals surface area contributed by atoms with E-state index in [9.17, 15) is 8.42 Å². The van der Waals surface area contributed by atoms with Crippen LogP contribution in [0.1, 0.15) is 41.0 Å². The van der Waals surface area contributed by atoms with Crippen molar-refractivity contribution in [2.45, 2.75) is 52.0 Å². The Labute approximate surface area is 128 Å². The average molecular weight is 310 g/mol. The van der Waals surface area contributed by atoms with Crippen molar-refractivity contribution in [3.8, 4) is 0 Å². The summed E-state index contributed by atoms with van der Waals surface area (Å²) in [4.78, 5) is 0.316. The Hall–Kier alpha value is -1.07. The molecule has 5 heteroatoms. The van der Waals surface area contributed by atoms with Crippen LogP contribution in [-0.2, 0) is 10.0 Å². The summed E-state index contributed by atoms with van der Waals surface area (Å²) < 4.78 is 26.6. The molecule has 0 amide bonds. The molecule has 118 valence electrons. The number of anilines is 1. The van der Waals surface area contributed by atoms with E-state index >= 15 is 0 Å². The molecule has 0 unspecified atom stereocenters. The highest BCUT2D eigenvalue weighted by Gasteiger charge is 2.64. The fraction of sp³-hybridized carbons (Fsp3) is 0.625. The van der Waals surface area contributed by atoms with Crippen molar-refractivity contribution in [2.75, 3.05) is 11.9 Å². The van der Waals surface area contributed by atoms with Crippen molar-refractivity contribution < 1.29 is 8.42 Å². The topological polar surface area (TPSA) is 58.2 Å². The van der Waals surface area contributed by atoms with E-state index in [2.05, 4.69) is 37.7 Å². The quantitative estimate of drug-likeness (QED) is 0.848. The molecule has 0 atom stereocenters. The van der Waals surface area contributed by atoms with Gasteiger partial charge in [0.25, 0.3) is 0 Å². The summed E-state index contributed by atoms with van der Waals surface area (Å²) >= 11 is 0. The molecule has 4 nitrogen and oxygen atoms in total. The Balaban J connectivity index is 2.07. The zero-order chi connectivity index (χ0) is 15.9. The molecule has 1 saturated carbocycles. The monoisotopic (exact) mass is 310 g/mol. The summed E-state index contributed by atoms with van der Waals surface area (Å²) in [7, 11) is -3.38. The zero-order valence-electron chi connectivity index (χ0n) is 13.5. The summed E-state index contributed by atoms with van der Waals surface area (Å²) in [6.45, 7) is 11.4. The van der Waals surface area contributed by atoms with Crippen LogP contribution >= 0.6 is 0 Å². The van der Waals surface area contributed by atoms with Crippen molar-refractivity contribution in [3.05, 3.63) is 24.3 Å². The molecule has 2 N–H and O–H groups in total. The Morgan fingerprint density at radius 3 is 2.00 bits per heavy atom. The van der Waals surface area contributed by atoms with Gasteiger partial charge in [0, 0.05) is 18.3 Å². The first-order valence-electron chi connectivity index (χ1n) is 7.49. The normalized spacial score (nSPS) is 20.2. The molecule has 1 aliphatic rings. The van der Waals surface area contributed by atoms with Gasteiger partial charge in [0.15, 0.2) is 0 Å². The molecule has 1 fully saturated rings. The van der Waals surface area contributed by atoms with Gasteiger partial charge in [-0.05, 0) is 41.5 Å². The lowest BCUT2D eigenvalue weighted by atomic mass is 10.0. The van der Waals surface area contributed by atoms with Gasteiger partial charge in [-0.15, -0.1) is 0 Å². The van der Waals surface area contributed by atoms with Gasteiger partial charge >= 0.3 is 0 Å². The molecule has 0 heterocycles. The Kier molecular flexibility index (Phi) is 4.10. The third kappa shape index (κ3) is 2.94. The predicted molar refractivity (Wildman–Crippen MR) is 86.9 cm³/mol. The number of benzene rings is 1. The second kappa shape index (κ2) is 5.29. The first kappa shape index (κ1) is 16.3. The molecule has 0 aliphatic heterocycles. The van der Waals surface area contributed by atoms with E-state index in [1.54, 1.807) is 12.1 Å². The van der Waals surface area contributed by atoms with Gasteiger partial charge in [0.1, 0.15) is 0 Å². The Morgan fingerprint density at radius 1 is 1.05 bits per heavy atom. The SMILES string of the molecule is CCCNS(=O)(=O)c1ccc(NC2C(C)(C)C2(C)C)cc1. The van der Waals surface area contributed by atoms with Crippen LogP contribution in [0.5, 0.6) is 0 Å².